The number of nitrogens with zero attached hydrogens (tertiary/aromatic N) is 2. The fourth-order valence-corrected chi connectivity index (χ4v) is 3.55. The van der Waals surface area contributed by atoms with Gasteiger partial charge in [0.25, 0.3) is 0 Å². The quantitative estimate of drug-likeness (QED) is 0.732. The lowest BCUT2D eigenvalue weighted by Crippen LogP contribution is -2.19. The number of hydrogen-bond acceptors (Lipinski definition) is 4. The molecule has 27 heavy (non-hydrogen) atoms. The van der Waals surface area contributed by atoms with Crippen molar-refractivity contribution in [2.75, 3.05) is 12.4 Å². The van der Waals surface area contributed by atoms with Crippen LogP contribution in [-0.2, 0) is 6.42 Å². The van der Waals surface area contributed by atoms with Crippen LogP contribution in [0.3, 0.4) is 0 Å². The number of nitrogens with one attached hydrogen (secondary N) is 1. The zero-order valence-corrected chi connectivity index (χ0v) is 15.8. The van der Waals surface area contributed by atoms with E-state index < -0.39 is 0 Å². The number of ketones is 1. The summed E-state index contributed by atoms with van der Waals surface area (Å²) < 4.78 is 7.14. The van der Waals surface area contributed by atoms with E-state index in [9.17, 15) is 4.79 Å². The Hall–Kier alpha value is -3.08. The molecule has 5 heteroatoms. The molecule has 138 valence electrons. The molecule has 0 spiro atoms. The van der Waals surface area contributed by atoms with E-state index >= 15 is 0 Å². The molecule has 1 aliphatic carbocycles. The van der Waals surface area contributed by atoms with Crippen LogP contribution in [0.15, 0.2) is 48.5 Å². The van der Waals surface area contributed by atoms with E-state index in [0.717, 1.165) is 29.2 Å². The third-order valence-electron chi connectivity index (χ3n) is 4.97. The Kier molecular flexibility index (Phi) is 4.44. The third kappa shape index (κ3) is 3.33. The maximum absolute atomic E-state index is 12.8. The second kappa shape index (κ2) is 6.91. The molecule has 2 aromatic carbocycles. The number of benzene rings is 2. The van der Waals surface area contributed by atoms with Crippen molar-refractivity contribution < 1.29 is 9.53 Å². The molecule has 1 heterocycles. The van der Waals surface area contributed by atoms with Crippen molar-refractivity contribution >= 4 is 17.3 Å². The van der Waals surface area contributed by atoms with Crippen molar-refractivity contribution in [3.8, 4) is 11.4 Å². The van der Waals surface area contributed by atoms with E-state index in [-0.39, 0.29) is 5.78 Å². The highest BCUT2D eigenvalue weighted by Gasteiger charge is 2.31. The molecule has 0 bridgehead atoms. The van der Waals surface area contributed by atoms with Crippen LogP contribution in [0.1, 0.15) is 35.0 Å². The van der Waals surface area contributed by atoms with Crippen LogP contribution in [0, 0.1) is 12.8 Å². The Bertz CT molecular complexity index is 972. The molecule has 0 saturated heterocycles. The Labute approximate surface area is 159 Å². The normalized spacial score (nSPS) is 16.1. The summed E-state index contributed by atoms with van der Waals surface area (Å²) in [5.74, 6) is 1.88. The van der Waals surface area contributed by atoms with Crippen molar-refractivity contribution in [3.63, 3.8) is 0 Å². The van der Waals surface area contributed by atoms with Crippen LogP contribution in [0.4, 0.5) is 11.5 Å². The third-order valence-corrected chi connectivity index (χ3v) is 4.97. The molecule has 3 aromatic rings. The van der Waals surface area contributed by atoms with Crippen LogP contribution in [0.5, 0.6) is 5.75 Å². The Balaban J connectivity index is 1.79. The summed E-state index contributed by atoms with van der Waals surface area (Å²) in [6.45, 7) is 4.16. The number of rotatable bonds is 4. The van der Waals surface area contributed by atoms with Gasteiger partial charge in [-0.15, -0.1) is 5.10 Å². The molecular weight excluding hydrogens is 338 g/mol. The van der Waals surface area contributed by atoms with E-state index in [1.807, 2.05) is 53.2 Å². The highest BCUT2D eigenvalue weighted by atomic mass is 16.5. The minimum atomic E-state index is 0.151. The van der Waals surface area contributed by atoms with Gasteiger partial charge in [-0.1, -0.05) is 24.6 Å². The number of aryl methyl sites for hydroxylation is 1. The van der Waals surface area contributed by atoms with Crippen molar-refractivity contribution in [1.29, 1.82) is 0 Å². The molecule has 1 N–H and O–H groups in total. The summed E-state index contributed by atoms with van der Waals surface area (Å²) in [4.78, 5) is 12.8. The van der Waals surface area contributed by atoms with Crippen LogP contribution in [0.25, 0.3) is 5.69 Å². The predicted molar refractivity (Wildman–Crippen MR) is 106 cm³/mol. The molecule has 0 unspecified atom stereocenters. The fourth-order valence-electron chi connectivity index (χ4n) is 3.55. The lowest BCUT2D eigenvalue weighted by atomic mass is 9.87. The van der Waals surface area contributed by atoms with Crippen LogP contribution in [-0.4, -0.2) is 22.7 Å². The maximum Gasteiger partial charge on any atom is 0.168 e. The van der Waals surface area contributed by atoms with Crippen LogP contribution < -0.4 is 10.1 Å². The van der Waals surface area contributed by atoms with Gasteiger partial charge in [0.1, 0.15) is 5.75 Å². The van der Waals surface area contributed by atoms with E-state index in [1.54, 1.807) is 7.11 Å². The lowest BCUT2D eigenvalue weighted by Gasteiger charge is -2.19. The summed E-state index contributed by atoms with van der Waals surface area (Å²) in [7, 11) is 1.65. The number of hydrogen-bond donors (Lipinski definition) is 1. The molecule has 4 rings (SSSR count). The topological polar surface area (TPSA) is 56.1 Å². The van der Waals surface area contributed by atoms with E-state index in [2.05, 4.69) is 19.2 Å². The number of ether oxygens (including phenoxy) is 1. The molecule has 0 aliphatic heterocycles. The first-order chi connectivity index (χ1) is 13.0. The summed E-state index contributed by atoms with van der Waals surface area (Å²) in [6.07, 6.45) is 1.39. The second-order valence-corrected chi connectivity index (χ2v) is 7.21. The standard InChI is InChI=1S/C22H23N3O2/c1-14-4-6-16(7-5-14)23-22-21-19(12-15(2)13-20(21)26)25(24-22)17-8-10-18(27-3)11-9-17/h4-11,15H,12-13H2,1-3H3,(H,23,24)/t15-/m1/s1. The second-order valence-electron chi connectivity index (χ2n) is 7.21. The average Bonchev–Trinajstić information content (AvgIpc) is 3.02. The minimum Gasteiger partial charge on any atom is -0.497 e. The van der Waals surface area contributed by atoms with Crippen molar-refractivity contribution in [1.82, 2.24) is 9.78 Å². The van der Waals surface area contributed by atoms with Gasteiger partial charge >= 0.3 is 0 Å². The Morgan fingerprint density at radius 3 is 2.44 bits per heavy atom. The van der Waals surface area contributed by atoms with Gasteiger partial charge in [0.05, 0.1) is 24.1 Å². The molecule has 1 atom stereocenters. The summed E-state index contributed by atoms with van der Waals surface area (Å²) >= 11 is 0. The molecule has 0 amide bonds. The number of fused-ring (bicyclic) bond motifs is 1. The molecular formula is C22H23N3O2. The number of Topliss-reactive ketones (excluding diaryl/α,β-unsaturated/α-hetero) is 1. The van der Waals surface area contributed by atoms with Gasteiger partial charge in [0.2, 0.25) is 0 Å². The number of aromatic nitrogens is 2. The smallest absolute Gasteiger partial charge is 0.168 e. The molecule has 0 fully saturated rings. The zero-order valence-electron chi connectivity index (χ0n) is 15.8. The summed E-state index contributed by atoms with van der Waals surface area (Å²) in [6, 6.07) is 15.8. The monoisotopic (exact) mass is 361 g/mol. The molecule has 1 aliphatic rings. The van der Waals surface area contributed by atoms with Gasteiger partial charge in [0.15, 0.2) is 11.6 Å². The maximum atomic E-state index is 12.8. The molecule has 0 saturated carbocycles. The van der Waals surface area contributed by atoms with Gasteiger partial charge in [-0.3, -0.25) is 4.79 Å². The SMILES string of the molecule is COc1ccc(-n2nc(Nc3ccc(C)cc3)c3c2C[C@@H](C)CC3=O)cc1. The number of carbonyl (C=O) groups excluding carboxylic acids is 1. The van der Waals surface area contributed by atoms with Crippen molar-refractivity contribution in [2.45, 2.75) is 26.7 Å². The number of anilines is 2. The van der Waals surface area contributed by atoms with Gasteiger partial charge in [0, 0.05) is 12.1 Å². The minimum absolute atomic E-state index is 0.151. The van der Waals surface area contributed by atoms with E-state index in [0.29, 0.717) is 23.7 Å². The van der Waals surface area contributed by atoms with E-state index in [4.69, 9.17) is 9.84 Å². The van der Waals surface area contributed by atoms with Crippen molar-refractivity contribution in [2.24, 2.45) is 5.92 Å². The Morgan fingerprint density at radius 2 is 1.78 bits per heavy atom. The number of carbonyl (C=O) groups is 1. The molecule has 5 nitrogen and oxygen atoms in total. The zero-order chi connectivity index (χ0) is 19.0. The summed E-state index contributed by atoms with van der Waals surface area (Å²) in [5.41, 5.74) is 4.72. The van der Waals surface area contributed by atoms with Crippen LogP contribution >= 0.6 is 0 Å². The fraction of sp³-hybridized carbons (Fsp3) is 0.273. The first kappa shape index (κ1) is 17.3. The van der Waals surface area contributed by atoms with Crippen molar-refractivity contribution in [3.05, 3.63) is 65.4 Å². The predicted octanol–water partition coefficient (Wildman–Crippen LogP) is 4.70. The highest BCUT2D eigenvalue weighted by Crippen LogP contribution is 2.34. The largest absolute Gasteiger partial charge is 0.497 e. The number of methoxy groups -OCH3 is 1. The van der Waals surface area contributed by atoms with Gasteiger partial charge in [-0.2, -0.15) is 0 Å². The van der Waals surface area contributed by atoms with Crippen LogP contribution in [0.2, 0.25) is 0 Å². The highest BCUT2D eigenvalue weighted by molar-refractivity contribution is 6.03. The summed E-state index contributed by atoms with van der Waals surface area (Å²) in [5, 5.41) is 8.10. The van der Waals surface area contributed by atoms with Gasteiger partial charge in [-0.25, -0.2) is 4.68 Å². The molecule has 0 radical (unpaired) electrons. The first-order valence-electron chi connectivity index (χ1n) is 9.18. The van der Waals surface area contributed by atoms with Gasteiger partial charge in [-0.05, 0) is 55.7 Å². The van der Waals surface area contributed by atoms with E-state index in [1.165, 1.54) is 5.56 Å². The average molecular weight is 361 g/mol. The first-order valence-corrected chi connectivity index (χ1v) is 9.18. The van der Waals surface area contributed by atoms with Gasteiger partial charge < -0.3 is 10.1 Å². The lowest BCUT2D eigenvalue weighted by molar-refractivity contribution is 0.0953. The molecule has 1 aromatic heterocycles. The Morgan fingerprint density at radius 1 is 1.07 bits per heavy atom.